The number of hydrogen-bond donors (Lipinski definition) is 1. The Labute approximate surface area is 68.0 Å². The lowest BCUT2D eigenvalue weighted by molar-refractivity contribution is 0.162. The van der Waals surface area contributed by atoms with E-state index in [0.717, 1.165) is 0 Å². The van der Waals surface area contributed by atoms with Gasteiger partial charge in [0.1, 0.15) is 0 Å². The van der Waals surface area contributed by atoms with E-state index in [4.69, 9.17) is 0 Å². The van der Waals surface area contributed by atoms with Crippen LogP contribution >= 0.6 is 15.9 Å². The fourth-order valence-corrected chi connectivity index (χ4v) is 0.867. The monoisotopic (exact) mass is 201 g/mol. The van der Waals surface area contributed by atoms with Crippen LogP contribution in [0.5, 0.6) is 0 Å². The maximum Gasteiger partial charge on any atom is 0.158 e. The van der Waals surface area contributed by atoms with Crippen molar-refractivity contribution in [2.75, 3.05) is 0 Å². The Morgan fingerprint density at radius 2 is 2.30 bits per heavy atom. The Bertz CT molecular complexity index is 205. The standard InChI is InChI=1S/C7H8BrNO/c1-7(8,10)6-4-2-3-5-9-6/h2-5,10H,1H3. The molecule has 0 saturated carbocycles. The summed E-state index contributed by atoms with van der Waals surface area (Å²) in [6.45, 7) is 1.63. The molecular formula is C7H8BrNO. The van der Waals surface area contributed by atoms with E-state index in [-0.39, 0.29) is 0 Å². The van der Waals surface area contributed by atoms with Crippen molar-refractivity contribution in [3.05, 3.63) is 30.1 Å². The summed E-state index contributed by atoms with van der Waals surface area (Å²) >= 11 is 3.08. The molecule has 1 unspecified atom stereocenters. The van der Waals surface area contributed by atoms with Gasteiger partial charge in [-0.25, -0.2) is 0 Å². The van der Waals surface area contributed by atoms with Crippen molar-refractivity contribution in [2.45, 2.75) is 11.4 Å². The maximum absolute atomic E-state index is 9.34. The fraction of sp³-hybridized carbons (Fsp3) is 0.286. The van der Waals surface area contributed by atoms with Gasteiger partial charge in [0, 0.05) is 6.20 Å². The molecule has 54 valence electrons. The van der Waals surface area contributed by atoms with Crippen molar-refractivity contribution in [3.63, 3.8) is 0 Å². The van der Waals surface area contributed by atoms with E-state index >= 15 is 0 Å². The number of nitrogens with zero attached hydrogens (tertiary/aromatic N) is 1. The molecule has 0 bridgehead atoms. The van der Waals surface area contributed by atoms with E-state index in [2.05, 4.69) is 20.9 Å². The predicted octanol–water partition coefficient (Wildman–Crippen LogP) is 1.64. The van der Waals surface area contributed by atoms with Crippen LogP contribution in [0.25, 0.3) is 0 Å². The van der Waals surface area contributed by atoms with Crippen LogP contribution in [0, 0.1) is 0 Å². The molecule has 3 heteroatoms. The molecule has 0 aliphatic rings. The summed E-state index contributed by atoms with van der Waals surface area (Å²) in [7, 11) is 0. The number of pyridine rings is 1. The Morgan fingerprint density at radius 1 is 1.60 bits per heavy atom. The highest BCUT2D eigenvalue weighted by Crippen LogP contribution is 2.24. The summed E-state index contributed by atoms with van der Waals surface area (Å²) in [6, 6.07) is 5.40. The summed E-state index contributed by atoms with van der Waals surface area (Å²) < 4.78 is -1.01. The van der Waals surface area contributed by atoms with Crippen molar-refractivity contribution in [2.24, 2.45) is 0 Å². The maximum atomic E-state index is 9.34. The number of hydrogen-bond acceptors (Lipinski definition) is 2. The van der Waals surface area contributed by atoms with Crippen molar-refractivity contribution < 1.29 is 5.11 Å². The van der Waals surface area contributed by atoms with Crippen LogP contribution in [0.3, 0.4) is 0 Å². The van der Waals surface area contributed by atoms with E-state index < -0.39 is 4.51 Å². The predicted molar refractivity (Wildman–Crippen MR) is 42.7 cm³/mol. The van der Waals surface area contributed by atoms with Crippen molar-refractivity contribution in [3.8, 4) is 0 Å². The molecule has 10 heavy (non-hydrogen) atoms. The second kappa shape index (κ2) is 2.68. The van der Waals surface area contributed by atoms with Gasteiger partial charge in [-0.05, 0) is 35.0 Å². The topological polar surface area (TPSA) is 33.1 Å². The van der Waals surface area contributed by atoms with Crippen LogP contribution < -0.4 is 0 Å². The van der Waals surface area contributed by atoms with Gasteiger partial charge in [-0.3, -0.25) is 4.98 Å². The Balaban J connectivity index is 2.97. The molecule has 2 nitrogen and oxygen atoms in total. The number of aromatic nitrogens is 1. The minimum absolute atomic E-state index is 0.620. The third kappa shape index (κ3) is 1.78. The van der Waals surface area contributed by atoms with Gasteiger partial charge in [-0.2, -0.15) is 0 Å². The summed E-state index contributed by atoms with van der Waals surface area (Å²) in [6.07, 6.45) is 1.64. The SMILES string of the molecule is CC(O)(Br)c1ccccn1. The average molecular weight is 202 g/mol. The molecule has 0 amide bonds. The molecule has 1 aromatic rings. The quantitative estimate of drug-likeness (QED) is 0.702. The first-order valence-electron chi connectivity index (χ1n) is 2.93. The smallest absolute Gasteiger partial charge is 0.158 e. The lowest BCUT2D eigenvalue weighted by atomic mass is 10.2. The fourth-order valence-electron chi connectivity index (χ4n) is 0.633. The Kier molecular flexibility index (Phi) is 2.06. The molecule has 1 aromatic heterocycles. The van der Waals surface area contributed by atoms with E-state index in [1.807, 2.05) is 12.1 Å². The van der Waals surface area contributed by atoms with E-state index in [9.17, 15) is 5.11 Å². The van der Waals surface area contributed by atoms with Crippen molar-refractivity contribution >= 4 is 15.9 Å². The number of halogens is 1. The zero-order chi connectivity index (χ0) is 7.61. The molecule has 1 N–H and O–H groups in total. The minimum Gasteiger partial charge on any atom is -0.373 e. The van der Waals surface area contributed by atoms with Crippen LogP contribution in [0.15, 0.2) is 24.4 Å². The molecule has 0 spiro atoms. The van der Waals surface area contributed by atoms with Gasteiger partial charge < -0.3 is 5.11 Å². The summed E-state index contributed by atoms with van der Waals surface area (Å²) in [5.41, 5.74) is 0.620. The molecule has 0 saturated heterocycles. The van der Waals surface area contributed by atoms with Crippen LogP contribution in [0.1, 0.15) is 12.6 Å². The molecule has 0 aliphatic carbocycles. The number of aliphatic hydroxyl groups is 1. The van der Waals surface area contributed by atoms with Gasteiger partial charge in [-0.15, -0.1) is 0 Å². The average Bonchev–Trinajstić information content (AvgIpc) is 1.88. The normalized spacial score (nSPS) is 16.3. The zero-order valence-corrected chi connectivity index (χ0v) is 7.17. The minimum atomic E-state index is -1.01. The molecule has 0 aromatic carbocycles. The molecule has 1 heterocycles. The van der Waals surface area contributed by atoms with Crippen molar-refractivity contribution in [1.82, 2.24) is 4.98 Å². The Morgan fingerprint density at radius 3 is 2.60 bits per heavy atom. The van der Waals surface area contributed by atoms with E-state index in [1.54, 1.807) is 19.2 Å². The molecule has 1 rings (SSSR count). The first kappa shape index (κ1) is 7.69. The Hall–Kier alpha value is -0.410. The highest BCUT2D eigenvalue weighted by Gasteiger charge is 2.18. The van der Waals surface area contributed by atoms with E-state index in [0.29, 0.717) is 5.69 Å². The molecule has 0 fully saturated rings. The summed E-state index contributed by atoms with van der Waals surface area (Å²) in [5.74, 6) is 0. The van der Waals surface area contributed by atoms with Crippen LogP contribution in [0.4, 0.5) is 0 Å². The first-order valence-corrected chi connectivity index (χ1v) is 3.73. The third-order valence-electron chi connectivity index (χ3n) is 1.13. The van der Waals surface area contributed by atoms with Gasteiger partial charge in [-0.1, -0.05) is 6.07 Å². The largest absolute Gasteiger partial charge is 0.373 e. The zero-order valence-electron chi connectivity index (χ0n) is 5.58. The van der Waals surface area contributed by atoms with E-state index in [1.165, 1.54) is 0 Å². The number of rotatable bonds is 1. The molecular weight excluding hydrogens is 194 g/mol. The molecule has 0 aliphatic heterocycles. The lowest BCUT2D eigenvalue weighted by Crippen LogP contribution is -2.12. The molecule has 0 radical (unpaired) electrons. The van der Waals surface area contributed by atoms with Gasteiger partial charge >= 0.3 is 0 Å². The number of alkyl halides is 1. The summed E-state index contributed by atoms with van der Waals surface area (Å²) in [5, 5.41) is 9.34. The van der Waals surface area contributed by atoms with Gasteiger partial charge in [0.15, 0.2) is 4.51 Å². The molecule has 1 atom stereocenters. The third-order valence-corrected chi connectivity index (χ3v) is 1.54. The van der Waals surface area contributed by atoms with Crippen LogP contribution in [0.2, 0.25) is 0 Å². The second-order valence-corrected chi connectivity index (χ2v) is 3.71. The first-order chi connectivity index (χ1) is 4.61. The highest BCUT2D eigenvalue weighted by molar-refractivity contribution is 9.09. The van der Waals surface area contributed by atoms with Crippen molar-refractivity contribution in [1.29, 1.82) is 0 Å². The van der Waals surface area contributed by atoms with Gasteiger partial charge in [0.2, 0.25) is 0 Å². The van der Waals surface area contributed by atoms with Crippen LogP contribution in [-0.4, -0.2) is 10.1 Å². The second-order valence-electron chi connectivity index (χ2n) is 2.17. The lowest BCUT2D eigenvalue weighted by Gasteiger charge is -2.12. The van der Waals surface area contributed by atoms with Gasteiger partial charge in [0.05, 0.1) is 5.69 Å². The van der Waals surface area contributed by atoms with Gasteiger partial charge in [0.25, 0.3) is 0 Å². The summed E-state index contributed by atoms with van der Waals surface area (Å²) in [4.78, 5) is 3.95. The highest BCUT2D eigenvalue weighted by atomic mass is 79.9. The van der Waals surface area contributed by atoms with Crippen LogP contribution in [-0.2, 0) is 4.51 Å².